The number of nitrogens with one attached hydrogen (secondary N) is 2. The molecule has 1 aliphatic heterocycles. The van der Waals surface area contributed by atoms with E-state index < -0.39 is 9.84 Å². The molecule has 0 spiro atoms. The van der Waals surface area contributed by atoms with Gasteiger partial charge in [0.1, 0.15) is 0 Å². The second-order valence-electron chi connectivity index (χ2n) is 6.24. The van der Waals surface area contributed by atoms with Crippen LogP contribution < -0.4 is 10.6 Å². The molecule has 0 aliphatic carbocycles. The smallest absolute Gasteiger partial charge is 0.254 e. The Morgan fingerprint density at radius 1 is 1.20 bits per heavy atom. The maximum Gasteiger partial charge on any atom is 0.254 e. The number of hydrogen-bond acceptors (Lipinski definition) is 6. The monoisotopic (exact) mass is 360 g/mol. The Balaban J connectivity index is 1.66. The fourth-order valence-electron chi connectivity index (χ4n) is 2.69. The van der Waals surface area contributed by atoms with Crippen LogP contribution in [0.4, 0.5) is 11.6 Å². The van der Waals surface area contributed by atoms with Gasteiger partial charge in [0.15, 0.2) is 9.84 Å². The lowest BCUT2D eigenvalue weighted by Gasteiger charge is -2.12. The molecule has 25 heavy (non-hydrogen) atoms. The number of aromatic nitrogens is 2. The minimum Gasteiger partial charge on any atom is -0.348 e. The molecule has 0 bridgehead atoms. The molecular weight excluding hydrogens is 340 g/mol. The molecule has 1 aromatic heterocycles. The van der Waals surface area contributed by atoms with E-state index in [0.717, 1.165) is 16.8 Å². The Morgan fingerprint density at radius 2 is 1.92 bits per heavy atom. The van der Waals surface area contributed by atoms with Crippen LogP contribution in [0, 0.1) is 13.8 Å². The Bertz CT molecular complexity index is 895. The molecule has 0 saturated carbocycles. The minimum absolute atomic E-state index is 0.00806. The van der Waals surface area contributed by atoms with Crippen molar-refractivity contribution in [3.8, 4) is 0 Å². The number of sulfone groups is 1. The average Bonchev–Trinajstić information content (AvgIpc) is 2.91. The second-order valence-corrected chi connectivity index (χ2v) is 8.47. The van der Waals surface area contributed by atoms with E-state index in [0.29, 0.717) is 17.9 Å². The van der Waals surface area contributed by atoms with Gasteiger partial charge in [-0.1, -0.05) is 12.1 Å². The third-order valence-corrected chi connectivity index (χ3v) is 6.10. The first-order valence-corrected chi connectivity index (χ1v) is 9.83. The topological polar surface area (TPSA) is 101 Å². The first-order chi connectivity index (χ1) is 11.8. The van der Waals surface area contributed by atoms with Gasteiger partial charge in [0, 0.05) is 24.1 Å². The summed E-state index contributed by atoms with van der Waals surface area (Å²) in [5, 5.41) is 5.85. The van der Waals surface area contributed by atoms with E-state index in [1.165, 1.54) is 12.4 Å². The zero-order valence-electron chi connectivity index (χ0n) is 14.1. The number of amides is 1. The van der Waals surface area contributed by atoms with Crippen LogP contribution in [0.25, 0.3) is 0 Å². The third-order valence-electron chi connectivity index (χ3n) is 4.33. The van der Waals surface area contributed by atoms with Crippen molar-refractivity contribution in [2.45, 2.75) is 26.3 Å². The van der Waals surface area contributed by atoms with Crippen molar-refractivity contribution in [3.05, 3.63) is 47.3 Å². The highest BCUT2D eigenvalue weighted by atomic mass is 32.2. The molecular formula is C17H20N4O3S. The highest BCUT2D eigenvalue weighted by molar-refractivity contribution is 7.91. The standard InChI is InChI=1S/C17H20N4O3S/c1-11-4-3-5-15(12(11)2)21-17-18-8-13(9-19-17)16(22)20-14-6-7-25(23,24)10-14/h3-5,8-9,14H,6-7,10H2,1-2H3,(H,20,22)(H,18,19,21). The average molecular weight is 360 g/mol. The van der Waals surface area contributed by atoms with E-state index in [2.05, 4.69) is 20.6 Å². The normalized spacial score (nSPS) is 18.7. The van der Waals surface area contributed by atoms with Crippen molar-refractivity contribution >= 4 is 27.4 Å². The largest absolute Gasteiger partial charge is 0.348 e. The number of aryl methyl sites for hydroxylation is 1. The lowest BCUT2D eigenvalue weighted by atomic mass is 10.1. The lowest BCUT2D eigenvalue weighted by molar-refractivity contribution is 0.0940. The molecule has 2 aromatic rings. The molecule has 132 valence electrons. The lowest BCUT2D eigenvalue weighted by Crippen LogP contribution is -2.35. The van der Waals surface area contributed by atoms with E-state index in [4.69, 9.17) is 0 Å². The van der Waals surface area contributed by atoms with Crippen molar-refractivity contribution in [3.63, 3.8) is 0 Å². The van der Waals surface area contributed by atoms with Crippen LogP contribution in [0.5, 0.6) is 0 Å². The summed E-state index contributed by atoms with van der Waals surface area (Å²) in [6.07, 6.45) is 3.31. The van der Waals surface area contributed by atoms with Gasteiger partial charge >= 0.3 is 0 Å². The van der Waals surface area contributed by atoms with Gasteiger partial charge in [-0.25, -0.2) is 18.4 Å². The summed E-state index contributed by atoms with van der Waals surface area (Å²) in [7, 11) is -3.03. The molecule has 3 rings (SSSR count). The highest BCUT2D eigenvalue weighted by Crippen LogP contribution is 2.20. The van der Waals surface area contributed by atoms with Crippen molar-refractivity contribution in [2.75, 3.05) is 16.8 Å². The fourth-order valence-corrected chi connectivity index (χ4v) is 4.37. The Kier molecular flexibility index (Phi) is 4.71. The van der Waals surface area contributed by atoms with Crippen molar-refractivity contribution in [1.29, 1.82) is 0 Å². The summed E-state index contributed by atoms with van der Waals surface area (Å²) in [6.45, 7) is 4.03. The zero-order valence-corrected chi connectivity index (χ0v) is 14.9. The molecule has 1 amide bonds. The molecule has 0 radical (unpaired) electrons. The highest BCUT2D eigenvalue weighted by Gasteiger charge is 2.29. The van der Waals surface area contributed by atoms with Gasteiger partial charge in [-0.2, -0.15) is 0 Å². The summed E-state index contributed by atoms with van der Waals surface area (Å²) < 4.78 is 22.9. The fraction of sp³-hybridized carbons (Fsp3) is 0.353. The first kappa shape index (κ1) is 17.3. The number of rotatable bonds is 4. The van der Waals surface area contributed by atoms with Gasteiger partial charge in [0.2, 0.25) is 5.95 Å². The Labute approximate surface area is 146 Å². The molecule has 1 saturated heterocycles. The molecule has 8 heteroatoms. The summed E-state index contributed by atoms with van der Waals surface area (Å²) in [5.41, 5.74) is 3.48. The number of benzene rings is 1. The van der Waals surface area contributed by atoms with Gasteiger partial charge in [-0.05, 0) is 37.5 Å². The Hall–Kier alpha value is -2.48. The molecule has 1 aromatic carbocycles. The maximum absolute atomic E-state index is 12.2. The van der Waals surface area contributed by atoms with Crippen molar-refractivity contribution in [1.82, 2.24) is 15.3 Å². The summed E-state index contributed by atoms with van der Waals surface area (Å²) >= 11 is 0. The maximum atomic E-state index is 12.2. The van der Waals surface area contributed by atoms with E-state index >= 15 is 0 Å². The predicted molar refractivity (Wildman–Crippen MR) is 95.8 cm³/mol. The predicted octanol–water partition coefficient (Wildman–Crippen LogP) is 1.75. The van der Waals surface area contributed by atoms with Gasteiger partial charge in [-0.15, -0.1) is 0 Å². The van der Waals surface area contributed by atoms with Crippen LogP contribution in [0.1, 0.15) is 27.9 Å². The van der Waals surface area contributed by atoms with Crippen LogP contribution in [-0.2, 0) is 9.84 Å². The summed E-state index contributed by atoms with van der Waals surface area (Å²) in [6, 6.07) is 5.57. The molecule has 1 atom stereocenters. The molecule has 1 unspecified atom stereocenters. The van der Waals surface area contributed by atoms with Gasteiger partial charge in [0.05, 0.1) is 17.1 Å². The molecule has 7 nitrogen and oxygen atoms in total. The van der Waals surface area contributed by atoms with Crippen LogP contribution in [0.3, 0.4) is 0 Å². The number of carbonyl (C=O) groups excluding carboxylic acids is 1. The zero-order chi connectivity index (χ0) is 18.0. The van der Waals surface area contributed by atoms with E-state index in [1.54, 1.807) is 0 Å². The van der Waals surface area contributed by atoms with E-state index in [9.17, 15) is 13.2 Å². The third kappa shape index (κ3) is 4.14. The SMILES string of the molecule is Cc1cccc(Nc2ncc(C(=O)NC3CCS(=O)(=O)C3)cn2)c1C. The molecule has 1 aliphatic rings. The van der Waals surface area contributed by atoms with Crippen molar-refractivity contribution < 1.29 is 13.2 Å². The van der Waals surface area contributed by atoms with Crippen LogP contribution in [0.15, 0.2) is 30.6 Å². The van der Waals surface area contributed by atoms with Crippen LogP contribution in [0.2, 0.25) is 0 Å². The van der Waals surface area contributed by atoms with Crippen molar-refractivity contribution in [2.24, 2.45) is 0 Å². The Morgan fingerprint density at radius 3 is 2.56 bits per heavy atom. The van der Waals surface area contributed by atoms with Crippen LogP contribution in [-0.4, -0.2) is 41.8 Å². The quantitative estimate of drug-likeness (QED) is 0.861. The molecule has 2 heterocycles. The molecule has 1 fully saturated rings. The molecule has 2 N–H and O–H groups in total. The van der Waals surface area contributed by atoms with Gasteiger partial charge in [-0.3, -0.25) is 4.79 Å². The number of anilines is 2. The van der Waals surface area contributed by atoms with E-state index in [-0.39, 0.29) is 23.5 Å². The van der Waals surface area contributed by atoms with Gasteiger partial charge < -0.3 is 10.6 Å². The minimum atomic E-state index is -3.03. The van der Waals surface area contributed by atoms with Gasteiger partial charge in [0.25, 0.3) is 5.91 Å². The summed E-state index contributed by atoms with van der Waals surface area (Å²) in [4.78, 5) is 20.5. The second kappa shape index (κ2) is 6.79. The van der Waals surface area contributed by atoms with E-state index in [1.807, 2.05) is 32.0 Å². The summed E-state index contributed by atoms with van der Waals surface area (Å²) in [5.74, 6) is 0.146. The number of carbonyl (C=O) groups is 1. The number of hydrogen-bond donors (Lipinski definition) is 2. The van der Waals surface area contributed by atoms with Crippen LogP contribution >= 0.6 is 0 Å². The first-order valence-electron chi connectivity index (χ1n) is 8.00. The number of nitrogens with zero attached hydrogens (tertiary/aromatic N) is 2.